The standard InChI is InChI=1S/C44H70N2O5S/c1-39(2)32(30-10-12-31(13-11-30)38(47)50-8)16-19-41(5)35(39)18-20-43(7)36(41)15-14-34-37-33(40(3,4)51-9)17-21-44(37,23-22-42(34,43)6)45-24-25-46-26-28-52(48,49)29-27-46/h10-13,16,33-37,45,48-49H,14-15,17-29H2,1-9H3/t33-,34-,35+,36-,37-,41+,42-,43-,44+/m1/s1. The molecule has 0 bridgehead atoms. The summed E-state index contributed by atoms with van der Waals surface area (Å²) in [5, 5.41) is 4.27. The van der Waals surface area contributed by atoms with Gasteiger partial charge in [0, 0.05) is 38.8 Å². The van der Waals surface area contributed by atoms with Crippen molar-refractivity contribution >= 4 is 22.1 Å². The molecule has 1 aliphatic heterocycles. The molecule has 8 heteroatoms. The molecule has 1 aromatic carbocycles. The van der Waals surface area contributed by atoms with Crippen LogP contribution in [0.25, 0.3) is 5.57 Å². The summed E-state index contributed by atoms with van der Waals surface area (Å²) in [6, 6.07) is 8.11. The van der Waals surface area contributed by atoms with Gasteiger partial charge in [0.2, 0.25) is 0 Å². The Bertz CT molecular complexity index is 1530. The van der Waals surface area contributed by atoms with Crippen molar-refractivity contribution in [3.8, 4) is 0 Å². The van der Waals surface area contributed by atoms with E-state index < -0.39 is 10.6 Å². The van der Waals surface area contributed by atoms with Gasteiger partial charge in [0.05, 0.1) is 29.8 Å². The molecule has 3 N–H and O–H groups in total. The van der Waals surface area contributed by atoms with E-state index in [1.165, 1.54) is 69.6 Å². The van der Waals surface area contributed by atoms with E-state index in [9.17, 15) is 13.9 Å². The van der Waals surface area contributed by atoms with Crippen molar-refractivity contribution < 1.29 is 23.4 Å². The van der Waals surface area contributed by atoms with Crippen LogP contribution in [0.4, 0.5) is 0 Å². The molecule has 0 amide bonds. The van der Waals surface area contributed by atoms with E-state index in [0.717, 1.165) is 32.6 Å². The third kappa shape index (κ3) is 5.98. The summed E-state index contributed by atoms with van der Waals surface area (Å²) in [6.07, 6.45) is 13.8. The van der Waals surface area contributed by atoms with Crippen molar-refractivity contribution in [2.75, 3.05) is 51.9 Å². The molecule has 6 aliphatic rings. The van der Waals surface area contributed by atoms with Crippen LogP contribution < -0.4 is 5.32 Å². The summed E-state index contributed by atoms with van der Waals surface area (Å²) in [6.45, 7) is 21.3. The van der Waals surface area contributed by atoms with Gasteiger partial charge in [-0.15, -0.1) is 0 Å². The quantitative estimate of drug-likeness (QED) is 0.229. The van der Waals surface area contributed by atoms with Gasteiger partial charge in [-0.3, -0.25) is 14.0 Å². The fourth-order valence-electron chi connectivity index (χ4n) is 14.3. The van der Waals surface area contributed by atoms with Gasteiger partial charge in [-0.25, -0.2) is 4.79 Å². The Hall–Kier alpha value is -1.42. The number of carbonyl (C=O) groups excluding carboxylic acids is 1. The van der Waals surface area contributed by atoms with Gasteiger partial charge in [-0.2, -0.15) is 10.6 Å². The van der Waals surface area contributed by atoms with Crippen LogP contribution in [0.2, 0.25) is 0 Å². The van der Waals surface area contributed by atoms with E-state index in [1.807, 2.05) is 19.2 Å². The molecule has 1 saturated heterocycles. The van der Waals surface area contributed by atoms with Gasteiger partial charge in [-0.05, 0) is 146 Å². The Labute approximate surface area is 316 Å². The first-order valence-corrected chi connectivity index (χ1v) is 22.4. The number of fused-ring (bicyclic) bond motifs is 7. The fraction of sp³-hybridized carbons (Fsp3) is 0.795. The molecule has 0 aromatic heterocycles. The number of hydrogen-bond donors (Lipinski definition) is 3. The Kier molecular flexibility index (Phi) is 9.98. The second-order valence-electron chi connectivity index (χ2n) is 19.9. The second kappa shape index (κ2) is 13.4. The molecule has 7 rings (SSSR count). The molecular formula is C44H70N2O5S. The predicted octanol–water partition coefficient (Wildman–Crippen LogP) is 9.38. The zero-order valence-corrected chi connectivity index (χ0v) is 34.7. The smallest absolute Gasteiger partial charge is 0.337 e. The van der Waals surface area contributed by atoms with Crippen molar-refractivity contribution in [2.45, 2.75) is 117 Å². The van der Waals surface area contributed by atoms with Crippen LogP contribution in [0.15, 0.2) is 30.3 Å². The lowest BCUT2D eigenvalue weighted by atomic mass is 9.32. The minimum absolute atomic E-state index is 0.0368. The molecule has 0 spiro atoms. The van der Waals surface area contributed by atoms with E-state index in [1.54, 1.807) is 0 Å². The first-order chi connectivity index (χ1) is 24.4. The van der Waals surface area contributed by atoms with Crippen molar-refractivity contribution in [3.63, 3.8) is 0 Å². The van der Waals surface area contributed by atoms with Gasteiger partial charge in [0.15, 0.2) is 0 Å². The number of methoxy groups -OCH3 is 2. The van der Waals surface area contributed by atoms with Gasteiger partial charge < -0.3 is 14.8 Å². The largest absolute Gasteiger partial charge is 0.465 e. The predicted molar refractivity (Wildman–Crippen MR) is 214 cm³/mol. The van der Waals surface area contributed by atoms with E-state index >= 15 is 0 Å². The number of carbonyl (C=O) groups is 1. The second-order valence-corrected chi connectivity index (χ2v) is 22.3. The minimum atomic E-state index is -2.37. The number of ether oxygens (including phenoxy) is 2. The summed E-state index contributed by atoms with van der Waals surface area (Å²) >= 11 is 0. The Morgan fingerprint density at radius 2 is 1.60 bits per heavy atom. The van der Waals surface area contributed by atoms with Crippen LogP contribution >= 0.6 is 10.6 Å². The molecular weight excluding hydrogens is 669 g/mol. The molecule has 5 fully saturated rings. The highest BCUT2D eigenvalue weighted by Gasteiger charge is 2.71. The average Bonchev–Trinajstić information content (AvgIpc) is 3.49. The zero-order valence-electron chi connectivity index (χ0n) is 33.9. The molecule has 0 unspecified atom stereocenters. The Morgan fingerprint density at radius 3 is 2.25 bits per heavy atom. The van der Waals surface area contributed by atoms with E-state index in [4.69, 9.17) is 9.47 Å². The van der Waals surface area contributed by atoms with Crippen LogP contribution in [0.3, 0.4) is 0 Å². The number of esters is 1. The van der Waals surface area contributed by atoms with Crippen molar-refractivity contribution in [1.29, 1.82) is 0 Å². The Balaban J connectivity index is 1.16. The maximum Gasteiger partial charge on any atom is 0.337 e. The summed E-state index contributed by atoms with van der Waals surface area (Å²) in [5.41, 5.74) is 4.09. The summed E-state index contributed by atoms with van der Waals surface area (Å²) in [4.78, 5) is 14.6. The number of nitrogens with zero attached hydrogens (tertiary/aromatic N) is 1. The van der Waals surface area contributed by atoms with E-state index in [-0.39, 0.29) is 38.8 Å². The van der Waals surface area contributed by atoms with E-state index in [2.05, 4.69) is 76.9 Å². The number of benzene rings is 1. The molecule has 4 saturated carbocycles. The van der Waals surface area contributed by atoms with E-state index in [0.29, 0.717) is 46.7 Å². The molecule has 9 atom stereocenters. The fourth-order valence-corrected chi connectivity index (χ4v) is 15.6. The highest BCUT2D eigenvalue weighted by molar-refractivity contribution is 8.24. The SMILES string of the molecule is COC(=O)c1ccc(C2=CC[C@]3(C)[C@H]4CC[C@@H]5[C@H]6[C@H](C(C)(C)OC)CC[C@]6(NCCN6CCS(O)(O)CC6)CC[C@@]5(C)[C@]4(C)CC[C@H]3C2(C)C)cc1. The average molecular weight is 739 g/mol. The third-order valence-electron chi connectivity index (χ3n) is 17.4. The first-order valence-electron chi connectivity index (χ1n) is 20.5. The number of nitrogens with one attached hydrogen (secondary N) is 1. The van der Waals surface area contributed by atoms with Gasteiger partial charge in [-0.1, -0.05) is 52.8 Å². The van der Waals surface area contributed by atoms with Crippen LogP contribution in [0.5, 0.6) is 0 Å². The lowest BCUT2D eigenvalue weighted by molar-refractivity contribution is -0.226. The molecule has 52 heavy (non-hydrogen) atoms. The van der Waals surface area contributed by atoms with Crippen molar-refractivity contribution in [2.24, 2.45) is 51.2 Å². The molecule has 1 heterocycles. The topological polar surface area (TPSA) is 91.3 Å². The summed E-state index contributed by atoms with van der Waals surface area (Å²) in [5.74, 6) is 3.81. The van der Waals surface area contributed by atoms with Crippen LogP contribution in [-0.2, 0) is 9.47 Å². The van der Waals surface area contributed by atoms with Crippen LogP contribution in [0, 0.1) is 51.2 Å². The lowest BCUT2D eigenvalue weighted by Crippen LogP contribution is -2.68. The maximum atomic E-state index is 12.2. The molecule has 0 radical (unpaired) electrons. The van der Waals surface area contributed by atoms with Crippen molar-refractivity contribution in [1.82, 2.24) is 10.2 Å². The molecule has 1 aromatic rings. The monoisotopic (exact) mass is 739 g/mol. The third-order valence-corrected chi connectivity index (χ3v) is 19.1. The van der Waals surface area contributed by atoms with Crippen LogP contribution in [-0.4, -0.2) is 83.0 Å². The molecule has 7 nitrogen and oxygen atoms in total. The van der Waals surface area contributed by atoms with Gasteiger partial charge >= 0.3 is 5.97 Å². The number of allylic oxidation sites excluding steroid dienone is 2. The first kappa shape index (κ1) is 38.8. The number of hydrogen-bond acceptors (Lipinski definition) is 7. The van der Waals surface area contributed by atoms with Gasteiger partial charge in [0.1, 0.15) is 0 Å². The lowest BCUT2D eigenvalue weighted by Gasteiger charge is -2.72. The minimum Gasteiger partial charge on any atom is -0.465 e. The summed E-state index contributed by atoms with van der Waals surface area (Å²) in [7, 11) is 1.00. The summed E-state index contributed by atoms with van der Waals surface area (Å²) < 4.78 is 31.7. The highest BCUT2D eigenvalue weighted by atomic mass is 32.3. The van der Waals surface area contributed by atoms with Crippen LogP contribution in [0.1, 0.15) is 122 Å². The van der Waals surface area contributed by atoms with Crippen molar-refractivity contribution in [3.05, 3.63) is 41.5 Å². The Morgan fingerprint density at radius 1 is 0.904 bits per heavy atom. The zero-order chi connectivity index (χ0) is 37.5. The maximum absolute atomic E-state index is 12.2. The molecule has 5 aliphatic carbocycles. The molecule has 292 valence electrons. The van der Waals surface area contributed by atoms with Gasteiger partial charge in [0.25, 0.3) is 0 Å². The number of rotatable bonds is 8. The highest BCUT2D eigenvalue weighted by Crippen LogP contribution is 2.77. The normalized spacial score (nSPS) is 41.8.